The Morgan fingerprint density at radius 2 is 2.28 bits per heavy atom. The molecule has 0 radical (unpaired) electrons. The van der Waals surface area contributed by atoms with Gasteiger partial charge in [-0.05, 0) is 46.8 Å². The summed E-state index contributed by atoms with van der Waals surface area (Å²) in [5, 5.41) is 0. The zero-order chi connectivity index (χ0) is 13.1. The van der Waals surface area contributed by atoms with Crippen molar-refractivity contribution in [1.82, 2.24) is 4.90 Å². The molecule has 94 valence electrons. The van der Waals surface area contributed by atoms with Crippen LogP contribution in [-0.2, 0) is 0 Å². The lowest BCUT2D eigenvalue weighted by atomic mass is 10.1. The third-order valence-electron chi connectivity index (χ3n) is 2.93. The number of terminal acetylenes is 1. The van der Waals surface area contributed by atoms with Crippen LogP contribution < -0.4 is 0 Å². The van der Waals surface area contributed by atoms with E-state index in [2.05, 4.69) is 21.9 Å². The molecule has 4 heteroatoms. The predicted octanol–water partition coefficient (Wildman–Crippen LogP) is 3.07. The molecule has 0 spiro atoms. The summed E-state index contributed by atoms with van der Waals surface area (Å²) >= 11 is 3.08. The fourth-order valence-electron chi connectivity index (χ4n) is 1.78. The van der Waals surface area contributed by atoms with E-state index in [-0.39, 0.29) is 18.0 Å². The summed E-state index contributed by atoms with van der Waals surface area (Å²) in [5.74, 6) is 2.12. The Morgan fingerprint density at radius 3 is 2.89 bits per heavy atom. The van der Waals surface area contributed by atoms with Crippen molar-refractivity contribution in [1.29, 1.82) is 0 Å². The molecule has 0 atom stereocenters. The predicted molar refractivity (Wildman–Crippen MR) is 71.6 cm³/mol. The second-order valence-electron chi connectivity index (χ2n) is 4.43. The summed E-state index contributed by atoms with van der Waals surface area (Å²) in [7, 11) is 0. The van der Waals surface area contributed by atoms with Crippen molar-refractivity contribution < 1.29 is 9.18 Å². The molecule has 0 heterocycles. The Balaban J connectivity index is 2.21. The number of nitrogens with zero attached hydrogens (tertiary/aromatic N) is 1. The zero-order valence-corrected chi connectivity index (χ0v) is 11.4. The highest BCUT2D eigenvalue weighted by Crippen LogP contribution is 2.30. The number of hydrogen-bond acceptors (Lipinski definition) is 1. The van der Waals surface area contributed by atoms with Gasteiger partial charge in [0.05, 0.1) is 16.6 Å². The van der Waals surface area contributed by atoms with E-state index in [9.17, 15) is 9.18 Å². The van der Waals surface area contributed by atoms with E-state index < -0.39 is 5.82 Å². The van der Waals surface area contributed by atoms with Gasteiger partial charge < -0.3 is 4.90 Å². The number of rotatable bonds is 4. The Labute approximate surface area is 114 Å². The minimum atomic E-state index is -0.527. The average molecular weight is 310 g/mol. The highest BCUT2D eigenvalue weighted by Gasteiger charge is 2.28. The van der Waals surface area contributed by atoms with Crippen LogP contribution in [0.15, 0.2) is 22.7 Å². The van der Waals surface area contributed by atoms with Crippen LogP contribution in [0.3, 0.4) is 0 Å². The molecule has 0 N–H and O–H groups in total. The number of hydrogen-bond donors (Lipinski definition) is 0. The molecule has 1 fully saturated rings. The number of halogens is 2. The van der Waals surface area contributed by atoms with E-state index in [1.165, 1.54) is 6.07 Å². The smallest absolute Gasteiger partial charge is 0.257 e. The number of carbonyl (C=O) groups is 1. The summed E-state index contributed by atoms with van der Waals surface area (Å²) in [6.07, 6.45) is 7.50. The van der Waals surface area contributed by atoms with Crippen molar-refractivity contribution in [3.8, 4) is 12.3 Å². The van der Waals surface area contributed by atoms with Crippen LogP contribution in [0.5, 0.6) is 0 Å². The maximum absolute atomic E-state index is 13.9. The molecule has 1 aliphatic carbocycles. The third kappa shape index (κ3) is 2.91. The highest BCUT2D eigenvalue weighted by atomic mass is 79.9. The van der Waals surface area contributed by atoms with Gasteiger partial charge in [0.25, 0.3) is 5.91 Å². The van der Waals surface area contributed by atoms with Crippen molar-refractivity contribution in [2.24, 2.45) is 5.92 Å². The molecule has 2 rings (SSSR count). The highest BCUT2D eigenvalue weighted by molar-refractivity contribution is 9.10. The minimum Gasteiger partial charge on any atom is -0.327 e. The molecule has 1 saturated carbocycles. The number of amides is 1. The normalized spacial score (nSPS) is 14.1. The summed E-state index contributed by atoms with van der Waals surface area (Å²) in [5.41, 5.74) is 0.0697. The summed E-state index contributed by atoms with van der Waals surface area (Å²) in [4.78, 5) is 13.8. The van der Waals surface area contributed by atoms with E-state index >= 15 is 0 Å². The minimum absolute atomic E-state index is 0.0697. The molecule has 18 heavy (non-hydrogen) atoms. The van der Waals surface area contributed by atoms with E-state index in [4.69, 9.17) is 6.42 Å². The number of benzene rings is 1. The molecule has 1 aromatic rings. The molecule has 1 aliphatic rings. The Kier molecular flexibility index (Phi) is 4.03. The summed E-state index contributed by atoms with van der Waals surface area (Å²) < 4.78 is 14.2. The van der Waals surface area contributed by atoms with Crippen molar-refractivity contribution >= 4 is 21.8 Å². The molecule has 0 aliphatic heterocycles. The largest absolute Gasteiger partial charge is 0.327 e. The van der Waals surface area contributed by atoms with Gasteiger partial charge in [0.15, 0.2) is 0 Å². The van der Waals surface area contributed by atoms with Crippen molar-refractivity contribution in [3.63, 3.8) is 0 Å². The van der Waals surface area contributed by atoms with Crippen molar-refractivity contribution in [3.05, 3.63) is 34.1 Å². The second-order valence-corrected chi connectivity index (χ2v) is 5.29. The molecule has 2 nitrogen and oxygen atoms in total. The van der Waals surface area contributed by atoms with Gasteiger partial charge in [0.1, 0.15) is 5.82 Å². The molecular formula is C14H13BrFNO. The van der Waals surface area contributed by atoms with Gasteiger partial charge in [0.2, 0.25) is 0 Å². The van der Waals surface area contributed by atoms with Crippen LogP contribution >= 0.6 is 15.9 Å². The SMILES string of the molecule is C#CCN(CC1CC1)C(=O)c1cccc(Br)c1F. The molecular weight excluding hydrogens is 297 g/mol. The van der Waals surface area contributed by atoms with E-state index in [1.807, 2.05) is 0 Å². The van der Waals surface area contributed by atoms with Crippen molar-refractivity contribution in [2.75, 3.05) is 13.1 Å². The molecule has 0 bridgehead atoms. The molecule has 0 saturated heterocycles. The fraction of sp³-hybridized carbons (Fsp3) is 0.357. The average Bonchev–Trinajstić information content (AvgIpc) is 3.15. The monoisotopic (exact) mass is 309 g/mol. The Hall–Kier alpha value is -1.34. The van der Waals surface area contributed by atoms with E-state index in [1.54, 1.807) is 17.0 Å². The first kappa shape index (κ1) is 13.1. The standard InChI is InChI=1S/C14H13BrFNO/c1-2-8-17(9-10-6-7-10)14(18)11-4-3-5-12(15)13(11)16/h1,3-5,10H,6-9H2. The topological polar surface area (TPSA) is 20.3 Å². The van der Waals surface area contributed by atoms with Gasteiger partial charge in [-0.3, -0.25) is 4.79 Å². The van der Waals surface area contributed by atoms with E-state index in [0.29, 0.717) is 16.9 Å². The van der Waals surface area contributed by atoms with Crippen LogP contribution in [0, 0.1) is 24.1 Å². The fourth-order valence-corrected chi connectivity index (χ4v) is 2.15. The van der Waals surface area contributed by atoms with Gasteiger partial charge in [-0.1, -0.05) is 12.0 Å². The number of carbonyl (C=O) groups excluding carboxylic acids is 1. The Bertz CT molecular complexity index is 505. The quantitative estimate of drug-likeness (QED) is 0.783. The van der Waals surface area contributed by atoms with Crippen LogP contribution in [-0.4, -0.2) is 23.9 Å². The lowest BCUT2D eigenvalue weighted by molar-refractivity contribution is 0.0765. The van der Waals surface area contributed by atoms with Gasteiger partial charge >= 0.3 is 0 Å². The molecule has 1 aromatic carbocycles. The first-order valence-corrected chi connectivity index (χ1v) is 6.59. The van der Waals surface area contributed by atoms with Crippen LogP contribution in [0.4, 0.5) is 4.39 Å². The van der Waals surface area contributed by atoms with Crippen LogP contribution in [0.1, 0.15) is 23.2 Å². The van der Waals surface area contributed by atoms with Gasteiger partial charge in [-0.25, -0.2) is 4.39 Å². The second kappa shape index (κ2) is 5.53. The van der Waals surface area contributed by atoms with Gasteiger partial charge in [-0.2, -0.15) is 0 Å². The molecule has 0 aromatic heterocycles. The van der Waals surface area contributed by atoms with E-state index in [0.717, 1.165) is 12.8 Å². The van der Waals surface area contributed by atoms with Gasteiger partial charge in [-0.15, -0.1) is 6.42 Å². The maximum Gasteiger partial charge on any atom is 0.257 e. The first-order chi connectivity index (χ1) is 8.63. The zero-order valence-electron chi connectivity index (χ0n) is 9.83. The summed E-state index contributed by atoms with van der Waals surface area (Å²) in [6.45, 7) is 0.844. The van der Waals surface area contributed by atoms with Crippen LogP contribution in [0.2, 0.25) is 0 Å². The lowest BCUT2D eigenvalue weighted by Crippen LogP contribution is -2.33. The van der Waals surface area contributed by atoms with Crippen molar-refractivity contribution in [2.45, 2.75) is 12.8 Å². The lowest BCUT2D eigenvalue weighted by Gasteiger charge is -2.20. The first-order valence-electron chi connectivity index (χ1n) is 5.80. The molecule has 1 amide bonds. The van der Waals surface area contributed by atoms with Crippen LogP contribution in [0.25, 0.3) is 0 Å². The Morgan fingerprint density at radius 1 is 1.56 bits per heavy atom. The van der Waals surface area contributed by atoms with Gasteiger partial charge in [0, 0.05) is 6.54 Å². The molecule has 0 unspecified atom stereocenters. The maximum atomic E-state index is 13.9. The third-order valence-corrected chi connectivity index (χ3v) is 3.54. The summed E-state index contributed by atoms with van der Waals surface area (Å²) in [6, 6.07) is 4.70.